The zero-order chi connectivity index (χ0) is 8.81. The smallest absolute Gasteiger partial charge is 0.0864 e. The lowest BCUT2D eigenvalue weighted by molar-refractivity contribution is 0.168. The summed E-state index contributed by atoms with van der Waals surface area (Å²) in [5, 5.41) is 0.738. The van der Waals surface area contributed by atoms with Crippen molar-refractivity contribution in [3.63, 3.8) is 0 Å². The molecular formula is C9H10ClNO. The molecule has 1 rings (SSSR count). The lowest BCUT2D eigenvalue weighted by Gasteiger charge is -1.92. The maximum absolute atomic E-state index is 5.70. The largest absolute Gasteiger partial charge is 0.300 e. The Morgan fingerprint density at radius 1 is 1.33 bits per heavy atom. The third-order valence-corrected chi connectivity index (χ3v) is 1.62. The Hall–Kier alpha value is -0.830. The van der Waals surface area contributed by atoms with Crippen LogP contribution in [0.2, 0.25) is 5.02 Å². The van der Waals surface area contributed by atoms with Crippen LogP contribution in [0.4, 0.5) is 0 Å². The van der Waals surface area contributed by atoms with E-state index in [1.807, 2.05) is 36.4 Å². The summed E-state index contributed by atoms with van der Waals surface area (Å²) in [5.41, 5.74) is 1.08. The van der Waals surface area contributed by atoms with Crippen molar-refractivity contribution in [1.82, 2.24) is 0 Å². The highest BCUT2D eigenvalue weighted by atomic mass is 35.5. The van der Waals surface area contributed by atoms with Crippen LogP contribution in [0.15, 0.2) is 30.3 Å². The second-order valence-electron chi connectivity index (χ2n) is 2.29. The minimum absolute atomic E-state index is 0.419. The number of hydrogen-bond donors (Lipinski definition) is 1. The second-order valence-corrected chi connectivity index (χ2v) is 2.72. The Balaban J connectivity index is 2.58. The van der Waals surface area contributed by atoms with E-state index in [0.29, 0.717) is 6.61 Å². The third kappa shape index (κ3) is 3.05. The summed E-state index contributed by atoms with van der Waals surface area (Å²) in [5.74, 6) is 4.84. The molecule has 1 aromatic carbocycles. The van der Waals surface area contributed by atoms with Crippen LogP contribution in [0.3, 0.4) is 0 Å². The molecule has 12 heavy (non-hydrogen) atoms. The molecule has 64 valence electrons. The maximum atomic E-state index is 5.70. The van der Waals surface area contributed by atoms with Crippen molar-refractivity contribution in [2.75, 3.05) is 6.61 Å². The number of nitrogens with two attached hydrogens (primary N) is 1. The summed E-state index contributed by atoms with van der Waals surface area (Å²) in [7, 11) is 0. The SMILES string of the molecule is NOC/C=C/c1ccc(Cl)cc1. The van der Waals surface area contributed by atoms with E-state index in [1.165, 1.54) is 0 Å². The summed E-state index contributed by atoms with van der Waals surface area (Å²) >= 11 is 5.70. The molecule has 0 aromatic heterocycles. The molecule has 0 saturated carbocycles. The van der Waals surface area contributed by atoms with Gasteiger partial charge in [0, 0.05) is 5.02 Å². The van der Waals surface area contributed by atoms with Gasteiger partial charge in [-0.2, -0.15) is 0 Å². The first kappa shape index (κ1) is 9.26. The van der Waals surface area contributed by atoms with Gasteiger partial charge >= 0.3 is 0 Å². The van der Waals surface area contributed by atoms with Gasteiger partial charge in [-0.25, -0.2) is 5.90 Å². The molecule has 0 aliphatic rings. The molecule has 1 aromatic rings. The highest BCUT2D eigenvalue weighted by Gasteiger charge is 1.86. The standard InChI is InChI=1S/C9H10ClNO/c10-9-5-3-8(4-6-9)2-1-7-12-11/h1-6H,7,11H2/b2-1+. The summed E-state index contributed by atoms with van der Waals surface area (Å²) in [6, 6.07) is 7.53. The molecule has 0 atom stereocenters. The normalized spacial score (nSPS) is 10.8. The van der Waals surface area contributed by atoms with Crippen molar-refractivity contribution in [1.29, 1.82) is 0 Å². The molecule has 0 aliphatic heterocycles. The molecule has 0 radical (unpaired) electrons. The molecule has 0 aliphatic carbocycles. The highest BCUT2D eigenvalue weighted by Crippen LogP contribution is 2.10. The van der Waals surface area contributed by atoms with E-state index in [4.69, 9.17) is 17.5 Å². The molecule has 0 bridgehead atoms. The number of benzene rings is 1. The van der Waals surface area contributed by atoms with Crippen LogP contribution >= 0.6 is 11.6 Å². The van der Waals surface area contributed by atoms with Gasteiger partial charge in [-0.1, -0.05) is 35.9 Å². The predicted octanol–water partition coefficient (Wildman–Crippen LogP) is 2.24. The summed E-state index contributed by atoms with van der Waals surface area (Å²) in [4.78, 5) is 4.37. The maximum Gasteiger partial charge on any atom is 0.0864 e. The Morgan fingerprint density at radius 2 is 2.00 bits per heavy atom. The van der Waals surface area contributed by atoms with Gasteiger partial charge in [0.25, 0.3) is 0 Å². The van der Waals surface area contributed by atoms with Crippen LogP contribution in [0, 0.1) is 0 Å². The Morgan fingerprint density at radius 3 is 2.58 bits per heavy atom. The Bertz CT molecular complexity index is 256. The van der Waals surface area contributed by atoms with Gasteiger partial charge in [0.05, 0.1) is 6.61 Å². The Labute approximate surface area is 76.5 Å². The fourth-order valence-electron chi connectivity index (χ4n) is 0.814. The molecule has 0 spiro atoms. The van der Waals surface area contributed by atoms with Gasteiger partial charge in [0.15, 0.2) is 0 Å². The fourth-order valence-corrected chi connectivity index (χ4v) is 0.940. The van der Waals surface area contributed by atoms with E-state index in [0.717, 1.165) is 10.6 Å². The molecule has 2 nitrogen and oxygen atoms in total. The van der Waals surface area contributed by atoms with E-state index < -0.39 is 0 Å². The van der Waals surface area contributed by atoms with Gasteiger partial charge in [-0.3, -0.25) is 0 Å². The van der Waals surface area contributed by atoms with E-state index in [1.54, 1.807) is 0 Å². The molecule has 0 heterocycles. The van der Waals surface area contributed by atoms with Gasteiger partial charge in [-0.15, -0.1) is 0 Å². The summed E-state index contributed by atoms with van der Waals surface area (Å²) < 4.78 is 0. The van der Waals surface area contributed by atoms with Gasteiger partial charge in [0.1, 0.15) is 0 Å². The number of halogens is 1. The molecule has 0 unspecified atom stereocenters. The quantitative estimate of drug-likeness (QED) is 0.730. The summed E-state index contributed by atoms with van der Waals surface area (Å²) in [6.07, 6.45) is 3.76. The van der Waals surface area contributed by atoms with Crippen molar-refractivity contribution in [3.05, 3.63) is 40.9 Å². The van der Waals surface area contributed by atoms with Crippen LogP contribution in [0.5, 0.6) is 0 Å². The highest BCUT2D eigenvalue weighted by molar-refractivity contribution is 6.30. The van der Waals surface area contributed by atoms with Crippen molar-refractivity contribution in [2.24, 2.45) is 5.90 Å². The molecule has 3 heteroatoms. The number of rotatable bonds is 3. The van der Waals surface area contributed by atoms with E-state index in [-0.39, 0.29) is 0 Å². The minimum Gasteiger partial charge on any atom is -0.300 e. The monoisotopic (exact) mass is 183 g/mol. The molecular weight excluding hydrogens is 174 g/mol. The lowest BCUT2D eigenvalue weighted by atomic mass is 10.2. The zero-order valence-electron chi connectivity index (χ0n) is 6.53. The first-order chi connectivity index (χ1) is 5.83. The Kier molecular flexibility index (Phi) is 3.80. The summed E-state index contributed by atoms with van der Waals surface area (Å²) in [6.45, 7) is 0.419. The van der Waals surface area contributed by atoms with Crippen molar-refractivity contribution < 1.29 is 4.84 Å². The van der Waals surface area contributed by atoms with E-state index in [9.17, 15) is 0 Å². The van der Waals surface area contributed by atoms with Crippen LogP contribution in [-0.2, 0) is 4.84 Å². The van der Waals surface area contributed by atoms with Crippen LogP contribution in [-0.4, -0.2) is 6.61 Å². The van der Waals surface area contributed by atoms with Gasteiger partial charge in [0.2, 0.25) is 0 Å². The second kappa shape index (κ2) is 4.93. The topological polar surface area (TPSA) is 35.2 Å². The first-order valence-corrected chi connectivity index (χ1v) is 3.94. The first-order valence-electron chi connectivity index (χ1n) is 3.56. The molecule has 0 saturated heterocycles. The average Bonchev–Trinajstić information content (AvgIpc) is 2.09. The fraction of sp³-hybridized carbons (Fsp3) is 0.111. The molecule has 0 fully saturated rings. The van der Waals surface area contributed by atoms with E-state index in [2.05, 4.69) is 4.84 Å². The van der Waals surface area contributed by atoms with Crippen LogP contribution in [0.1, 0.15) is 5.56 Å². The lowest BCUT2D eigenvalue weighted by Crippen LogP contribution is -1.96. The zero-order valence-corrected chi connectivity index (χ0v) is 7.29. The van der Waals surface area contributed by atoms with Crippen LogP contribution < -0.4 is 5.90 Å². The average molecular weight is 184 g/mol. The molecule has 0 amide bonds. The number of hydrogen-bond acceptors (Lipinski definition) is 2. The molecule has 2 N–H and O–H groups in total. The minimum atomic E-state index is 0.419. The van der Waals surface area contributed by atoms with Gasteiger partial charge < -0.3 is 4.84 Å². The third-order valence-electron chi connectivity index (χ3n) is 1.37. The van der Waals surface area contributed by atoms with Crippen molar-refractivity contribution in [3.8, 4) is 0 Å². The van der Waals surface area contributed by atoms with E-state index >= 15 is 0 Å². The predicted molar refractivity (Wildman–Crippen MR) is 50.6 cm³/mol. The van der Waals surface area contributed by atoms with Crippen molar-refractivity contribution in [2.45, 2.75) is 0 Å². The van der Waals surface area contributed by atoms with Crippen molar-refractivity contribution >= 4 is 17.7 Å². The van der Waals surface area contributed by atoms with Crippen LogP contribution in [0.25, 0.3) is 6.08 Å². The van der Waals surface area contributed by atoms with Gasteiger partial charge in [-0.05, 0) is 17.7 Å².